The molecule has 6 nitrogen and oxygen atoms in total. The summed E-state index contributed by atoms with van der Waals surface area (Å²) in [5.74, 6) is -24.7. The van der Waals surface area contributed by atoms with E-state index in [-0.39, 0.29) is 10.2 Å². The van der Waals surface area contributed by atoms with Gasteiger partial charge in [0.25, 0.3) is 9.05 Å². The molecular formula is C30H37Br2Cl3F14N2O4S2. The Bertz CT molecular complexity index is 1730. The van der Waals surface area contributed by atoms with Crippen molar-refractivity contribution in [2.45, 2.75) is 86.9 Å². The Kier molecular flexibility index (Phi) is 26.0. The standard InChI is InChI=1S/C12H10BrF7O2S.C7H6BrClO2S.C6H15N.C4H4F7N.CH2Cl2/c1-7-6-8(2-3-9(7)13)23(21,22)5-4-10(14,15)11(16,17)12(18,19)20;1-5-4-6(12(9,10)11)2-3-7(5)8;1-4-7(5-2)6-3;5-2(6,1-12)3(7,8)4(9,10)11;2-1-3/h2-3,6H,4-5H2,1H3;2-4H,1H3;4-6H2,1-3H3;1,12H2;1H2. The minimum atomic E-state index is -6.48. The molecule has 0 saturated carbocycles. The summed E-state index contributed by atoms with van der Waals surface area (Å²) in [6.45, 7) is 11.4. The SMILES string of the molecule is CCN(CC)CC.Cc1cc(S(=O)(=O)CCC(F)(F)C(F)(F)C(F)(F)F)ccc1Br.Cc1cc(S(=O)(=O)Cl)ccc1Br.ClCCl.NCC(F)(F)C(F)(F)C(F)(F)F. The Balaban J connectivity index is -0.000000726. The Morgan fingerprint density at radius 2 is 0.947 bits per heavy atom. The molecule has 0 fully saturated rings. The maximum absolute atomic E-state index is 13.1. The van der Waals surface area contributed by atoms with Crippen LogP contribution in [0.4, 0.5) is 61.5 Å². The van der Waals surface area contributed by atoms with Crippen LogP contribution in [0.25, 0.3) is 0 Å². The van der Waals surface area contributed by atoms with E-state index >= 15 is 0 Å². The van der Waals surface area contributed by atoms with Gasteiger partial charge in [-0.15, -0.1) is 23.2 Å². The summed E-state index contributed by atoms with van der Waals surface area (Å²) in [5, 5.41) is 0.194. The van der Waals surface area contributed by atoms with Crippen LogP contribution in [0, 0.1) is 13.8 Å². The van der Waals surface area contributed by atoms with Gasteiger partial charge in [-0.1, -0.05) is 52.6 Å². The lowest BCUT2D eigenvalue weighted by atomic mass is 10.1. The summed E-state index contributed by atoms with van der Waals surface area (Å²) in [6, 6.07) is 8.06. The molecule has 0 unspecified atom stereocenters. The maximum atomic E-state index is 13.1. The van der Waals surface area contributed by atoms with Crippen LogP contribution < -0.4 is 5.73 Å². The fraction of sp³-hybridized carbons (Fsp3) is 0.600. The summed E-state index contributed by atoms with van der Waals surface area (Å²) in [7, 11) is -2.89. The minimum Gasteiger partial charge on any atom is -0.325 e. The average molecular weight is 1090 g/mol. The predicted octanol–water partition coefficient (Wildman–Crippen LogP) is 12.0. The Labute approximate surface area is 352 Å². The fourth-order valence-electron chi connectivity index (χ4n) is 3.33. The van der Waals surface area contributed by atoms with Crippen LogP contribution in [0.3, 0.4) is 0 Å². The van der Waals surface area contributed by atoms with Crippen molar-refractivity contribution in [2.24, 2.45) is 5.73 Å². The van der Waals surface area contributed by atoms with E-state index in [0.29, 0.717) is 10.0 Å². The zero-order chi connectivity index (χ0) is 46.2. The number of hydrogen-bond donors (Lipinski definition) is 1. The molecule has 336 valence electrons. The highest BCUT2D eigenvalue weighted by Crippen LogP contribution is 2.48. The monoisotopic (exact) mass is 1080 g/mol. The molecule has 0 aliphatic rings. The van der Waals surface area contributed by atoms with Gasteiger partial charge in [-0.05, 0) is 81.0 Å². The molecule has 0 atom stereocenters. The second kappa shape index (κ2) is 24.5. The number of halogens is 19. The van der Waals surface area contributed by atoms with Crippen molar-refractivity contribution in [2.75, 3.05) is 37.3 Å². The topological polar surface area (TPSA) is 97.5 Å². The van der Waals surface area contributed by atoms with Crippen molar-refractivity contribution in [3.8, 4) is 0 Å². The maximum Gasteiger partial charge on any atom is 0.459 e. The van der Waals surface area contributed by atoms with Crippen LogP contribution in [-0.4, -0.2) is 95.0 Å². The van der Waals surface area contributed by atoms with E-state index < -0.39 is 78.5 Å². The van der Waals surface area contributed by atoms with Crippen LogP contribution in [-0.2, 0) is 18.9 Å². The van der Waals surface area contributed by atoms with Crippen molar-refractivity contribution in [3.63, 3.8) is 0 Å². The third kappa shape index (κ3) is 19.6. The summed E-state index contributed by atoms with van der Waals surface area (Å²) in [4.78, 5) is 2.06. The zero-order valence-electron chi connectivity index (χ0n) is 30.1. The van der Waals surface area contributed by atoms with Crippen LogP contribution in [0.15, 0.2) is 55.1 Å². The quantitative estimate of drug-likeness (QED) is 0.137. The molecule has 0 aromatic heterocycles. The van der Waals surface area contributed by atoms with Crippen LogP contribution in [0.2, 0.25) is 0 Å². The number of nitrogens with two attached hydrogens (primary N) is 1. The van der Waals surface area contributed by atoms with Gasteiger partial charge in [0, 0.05) is 26.0 Å². The largest absolute Gasteiger partial charge is 0.459 e. The van der Waals surface area contributed by atoms with E-state index in [9.17, 15) is 78.3 Å². The van der Waals surface area contributed by atoms with Gasteiger partial charge in [0.2, 0.25) is 0 Å². The predicted molar refractivity (Wildman–Crippen MR) is 198 cm³/mol. The number of aryl methyl sites for hydroxylation is 2. The summed E-state index contributed by atoms with van der Waals surface area (Å²) >= 11 is 15.9. The number of nitrogens with zero attached hydrogens (tertiary/aromatic N) is 1. The van der Waals surface area contributed by atoms with Crippen molar-refractivity contribution in [3.05, 3.63) is 56.5 Å². The first-order chi connectivity index (χ1) is 25.3. The molecule has 0 bridgehead atoms. The molecule has 2 aromatic rings. The van der Waals surface area contributed by atoms with Gasteiger partial charge in [-0.25, -0.2) is 16.8 Å². The van der Waals surface area contributed by atoms with E-state index in [0.717, 1.165) is 22.2 Å². The highest BCUT2D eigenvalue weighted by Gasteiger charge is 2.73. The van der Waals surface area contributed by atoms with E-state index in [1.807, 2.05) is 0 Å². The second-order valence-electron chi connectivity index (χ2n) is 10.8. The zero-order valence-corrected chi connectivity index (χ0v) is 37.1. The molecule has 0 aliphatic heterocycles. The highest BCUT2D eigenvalue weighted by atomic mass is 79.9. The molecule has 27 heteroatoms. The van der Waals surface area contributed by atoms with Crippen molar-refractivity contribution in [1.82, 2.24) is 4.90 Å². The highest BCUT2D eigenvalue weighted by molar-refractivity contribution is 9.10. The Morgan fingerprint density at radius 3 is 1.19 bits per heavy atom. The molecule has 0 saturated heterocycles. The third-order valence-corrected chi connectivity index (χ3v) is 11.7. The minimum absolute atomic E-state index is 0.130. The van der Waals surface area contributed by atoms with Crippen LogP contribution in [0.1, 0.15) is 38.3 Å². The van der Waals surface area contributed by atoms with Gasteiger partial charge < -0.3 is 10.6 Å². The van der Waals surface area contributed by atoms with Gasteiger partial charge >= 0.3 is 36.0 Å². The lowest BCUT2D eigenvalue weighted by Crippen LogP contribution is -2.55. The number of alkyl halides is 16. The van der Waals surface area contributed by atoms with Gasteiger partial charge in [0.15, 0.2) is 9.84 Å². The summed E-state index contributed by atoms with van der Waals surface area (Å²) in [6.07, 6.45) is -14.9. The van der Waals surface area contributed by atoms with E-state index in [2.05, 4.69) is 63.3 Å². The molecule has 2 N–H and O–H groups in total. The molecular weight excluding hydrogens is 1050 g/mol. The van der Waals surface area contributed by atoms with Gasteiger partial charge in [-0.2, -0.15) is 61.5 Å². The molecule has 2 aromatic carbocycles. The molecule has 0 heterocycles. The van der Waals surface area contributed by atoms with Gasteiger partial charge in [-0.3, -0.25) is 0 Å². The average Bonchev–Trinajstić information content (AvgIpc) is 3.07. The van der Waals surface area contributed by atoms with E-state index in [1.165, 1.54) is 44.8 Å². The third-order valence-electron chi connectivity index (χ3n) is 6.81. The van der Waals surface area contributed by atoms with E-state index in [4.69, 9.17) is 33.9 Å². The lowest BCUT2D eigenvalue weighted by Gasteiger charge is -2.28. The Hall–Kier alpha value is -0.890. The van der Waals surface area contributed by atoms with Gasteiger partial charge in [0.05, 0.1) is 27.4 Å². The Morgan fingerprint density at radius 1 is 0.632 bits per heavy atom. The second-order valence-corrected chi connectivity index (χ2v) is 18.0. The van der Waals surface area contributed by atoms with Crippen molar-refractivity contribution in [1.29, 1.82) is 0 Å². The first-order valence-electron chi connectivity index (χ1n) is 15.2. The number of rotatable bonds is 11. The molecule has 0 aliphatic carbocycles. The van der Waals surface area contributed by atoms with Crippen LogP contribution in [0.5, 0.6) is 0 Å². The normalized spacial score (nSPS) is 12.9. The van der Waals surface area contributed by atoms with E-state index in [1.54, 1.807) is 13.0 Å². The lowest BCUT2D eigenvalue weighted by molar-refractivity contribution is -0.354. The molecule has 2 rings (SSSR count). The van der Waals surface area contributed by atoms with Crippen LogP contribution >= 0.6 is 65.7 Å². The summed E-state index contributed by atoms with van der Waals surface area (Å²) in [5.41, 5.74) is 5.33. The fourth-order valence-corrected chi connectivity index (χ4v) is 6.05. The van der Waals surface area contributed by atoms with Gasteiger partial charge in [0.1, 0.15) is 0 Å². The summed E-state index contributed by atoms with van der Waals surface area (Å²) < 4.78 is 215. The molecule has 57 heavy (non-hydrogen) atoms. The first-order valence-corrected chi connectivity index (χ1v) is 21.9. The molecule has 0 spiro atoms. The number of benzene rings is 2. The molecule has 0 radical (unpaired) electrons. The number of hydrogen-bond acceptors (Lipinski definition) is 6. The number of sulfone groups is 1. The first kappa shape index (κ1) is 60.4. The van der Waals surface area contributed by atoms with Crippen molar-refractivity contribution >= 4 is 84.6 Å². The molecule has 0 amide bonds. The van der Waals surface area contributed by atoms with Crippen molar-refractivity contribution < 1.29 is 78.3 Å². The smallest absolute Gasteiger partial charge is 0.325 e.